The molecule has 0 saturated heterocycles. The van der Waals surface area contributed by atoms with Gasteiger partial charge in [-0.25, -0.2) is 4.98 Å². The fraction of sp³-hybridized carbons (Fsp3) is 0.400. The Hall–Kier alpha value is -1.39. The molecule has 0 saturated carbocycles. The van der Waals surface area contributed by atoms with Crippen molar-refractivity contribution in [3.05, 3.63) is 45.9 Å². The fourth-order valence-corrected chi connectivity index (χ4v) is 2.76. The number of para-hydroxylation sites is 1. The summed E-state index contributed by atoms with van der Waals surface area (Å²) < 4.78 is 5.38. The van der Waals surface area contributed by atoms with Crippen LogP contribution in [0.2, 0.25) is 0 Å². The van der Waals surface area contributed by atoms with E-state index >= 15 is 0 Å². The SMILES string of the molecule is COc1ccccc1CC(C)NCc1scnc1C. The largest absolute Gasteiger partial charge is 0.496 e. The van der Waals surface area contributed by atoms with Crippen LogP contribution in [0.3, 0.4) is 0 Å². The number of ether oxygens (including phenoxy) is 1. The van der Waals surface area contributed by atoms with E-state index in [9.17, 15) is 0 Å². The topological polar surface area (TPSA) is 34.1 Å². The number of hydrogen-bond donors (Lipinski definition) is 1. The van der Waals surface area contributed by atoms with Crippen molar-refractivity contribution in [2.24, 2.45) is 0 Å². The van der Waals surface area contributed by atoms with Crippen molar-refractivity contribution in [1.29, 1.82) is 0 Å². The van der Waals surface area contributed by atoms with Crippen molar-refractivity contribution in [3.63, 3.8) is 0 Å². The minimum Gasteiger partial charge on any atom is -0.496 e. The number of hydrogen-bond acceptors (Lipinski definition) is 4. The lowest BCUT2D eigenvalue weighted by Crippen LogP contribution is -2.27. The van der Waals surface area contributed by atoms with Gasteiger partial charge in [-0.2, -0.15) is 0 Å². The van der Waals surface area contributed by atoms with Gasteiger partial charge in [0.25, 0.3) is 0 Å². The molecule has 1 unspecified atom stereocenters. The van der Waals surface area contributed by atoms with Crippen LogP contribution >= 0.6 is 11.3 Å². The molecule has 0 aliphatic heterocycles. The van der Waals surface area contributed by atoms with E-state index in [0.717, 1.165) is 24.4 Å². The lowest BCUT2D eigenvalue weighted by molar-refractivity contribution is 0.406. The van der Waals surface area contributed by atoms with E-state index < -0.39 is 0 Å². The average Bonchev–Trinajstić information content (AvgIpc) is 2.82. The maximum absolute atomic E-state index is 5.38. The van der Waals surface area contributed by atoms with Gasteiger partial charge in [-0.05, 0) is 31.9 Å². The van der Waals surface area contributed by atoms with Gasteiger partial charge in [0.2, 0.25) is 0 Å². The zero-order valence-electron chi connectivity index (χ0n) is 11.6. The van der Waals surface area contributed by atoms with Crippen molar-refractivity contribution in [2.75, 3.05) is 7.11 Å². The molecule has 1 N–H and O–H groups in total. The van der Waals surface area contributed by atoms with Crippen LogP contribution in [0.25, 0.3) is 0 Å². The van der Waals surface area contributed by atoms with Crippen LogP contribution in [0.5, 0.6) is 5.75 Å². The van der Waals surface area contributed by atoms with Gasteiger partial charge in [-0.3, -0.25) is 0 Å². The second-order valence-electron chi connectivity index (χ2n) is 4.66. The third kappa shape index (κ3) is 3.78. The second-order valence-corrected chi connectivity index (χ2v) is 5.60. The summed E-state index contributed by atoms with van der Waals surface area (Å²) in [6.07, 6.45) is 0.960. The highest BCUT2D eigenvalue weighted by atomic mass is 32.1. The first-order valence-corrected chi connectivity index (χ1v) is 7.33. The first-order valence-electron chi connectivity index (χ1n) is 6.45. The minimum absolute atomic E-state index is 0.401. The number of thiazole rings is 1. The molecule has 4 heteroatoms. The van der Waals surface area contributed by atoms with Crippen LogP contribution in [0.1, 0.15) is 23.1 Å². The fourth-order valence-electron chi connectivity index (χ4n) is 2.04. The first-order chi connectivity index (χ1) is 9.20. The van der Waals surface area contributed by atoms with Gasteiger partial charge in [0.05, 0.1) is 18.3 Å². The third-order valence-electron chi connectivity index (χ3n) is 3.17. The number of rotatable bonds is 6. The van der Waals surface area contributed by atoms with E-state index in [2.05, 4.69) is 36.3 Å². The van der Waals surface area contributed by atoms with Crippen molar-refractivity contribution in [3.8, 4) is 5.75 Å². The van der Waals surface area contributed by atoms with Gasteiger partial charge >= 0.3 is 0 Å². The summed E-state index contributed by atoms with van der Waals surface area (Å²) in [4.78, 5) is 5.58. The van der Waals surface area contributed by atoms with Crippen molar-refractivity contribution in [1.82, 2.24) is 10.3 Å². The molecule has 19 heavy (non-hydrogen) atoms. The van der Waals surface area contributed by atoms with Crippen molar-refractivity contribution in [2.45, 2.75) is 32.9 Å². The summed E-state index contributed by atoms with van der Waals surface area (Å²) in [5, 5.41) is 3.54. The number of nitrogens with zero attached hydrogens (tertiary/aromatic N) is 1. The lowest BCUT2D eigenvalue weighted by atomic mass is 10.1. The summed E-state index contributed by atoms with van der Waals surface area (Å²) >= 11 is 1.71. The van der Waals surface area contributed by atoms with Gasteiger partial charge < -0.3 is 10.1 Å². The summed E-state index contributed by atoms with van der Waals surface area (Å²) in [5.41, 5.74) is 4.27. The number of benzene rings is 1. The third-order valence-corrected chi connectivity index (χ3v) is 4.11. The van der Waals surface area contributed by atoms with Crippen LogP contribution < -0.4 is 10.1 Å². The lowest BCUT2D eigenvalue weighted by Gasteiger charge is -2.15. The Kier molecular flexibility index (Phi) is 4.93. The van der Waals surface area contributed by atoms with Crippen LogP contribution in [-0.4, -0.2) is 18.1 Å². The van der Waals surface area contributed by atoms with Crippen molar-refractivity contribution >= 4 is 11.3 Å². The van der Waals surface area contributed by atoms with Gasteiger partial charge in [0.1, 0.15) is 5.75 Å². The number of methoxy groups -OCH3 is 1. The second kappa shape index (κ2) is 6.68. The Morgan fingerprint density at radius 3 is 2.84 bits per heavy atom. The Bertz CT molecular complexity index is 524. The molecule has 0 bridgehead atoms. The standard InChI is InChI=1S/C15H20N2OS/c1-11(16-9-15-12(2)17-10-19-15)8-13-6-4-5-7-14(13)18-3/h4-7,10-11,16H,8-9H2,1-3H3. The Balaban J connectivity index is 1.90. The predicted molar refractivity (Wildman–Crippen MR) is 79.9 cm³/mol. The van der Waals surface area contributed by atoms with Crippen LogP contribution in [0.4, 0.5) is 0 Å². The summed E-state index contributed by atoms with van der Waals surface area (Å²) in [6, 6.07) is 8.58. The number of nitrogens with one attached hydrogen (secondary N) is 1. The molecule has 1 aromatic carbocycles. The monoisotopic (exact) mass is 276 g/mol. The summed E-state index contributed by atoms with van der Waals surface area (Å²) in [6.45, 7) is 5.13. The molecule has 2 rings (SSSR count). The van der Waals surface area contributed by atoms with E-state index in [1.54, 1.807) is 18.4 Å². The zero-order valence-corrected chi connectivity index (χ0v) is 12.5. The molecule has 1 heterocycles. The normalized spacial score (nSPS) is 12.4. The van der Waals surface area contributed by atoms with Gasteiger partial charge in [-0.15, -0.1) is 11.3 Å². The highest BCUT2D eigenvalue weighted by molar-refractivity contribution is 7.09. The molecule has 1 atom stereocenters. The minimum atomic E-state index is 0.401. The van der Waals surface area contributed by atoms with E-state index in [4.69, 9.17) is 4.74 Å². The van der Waals surface area contributed by atoms with Crippen LogP contribution in [-0.2, 0) is 13.0 Å². The highest BCUT2D eigenvalue weighted by Crippen LogP contribution is 2.19. The molecule has 1 aromatic heterocycles. The average molecular weight is 276 g/mol. The maximum atomic E-state index is 5.38. The zero-order chi connectivity index (χ0) is 13.7. The van der Waals surface area contributed by atoms with E-state index in [-0.39, 0.29) is 0 Å². The molecule has 0 fully saturated rings. The molecule has 0 spiro atoms. The van der Waals surface area contributed by atoms with E-state index in [1.165, 1.54) is 10.4 Å². The molecule has 2 aromatic rings. The Labute approximate surface area is 118 Å². The molecule has 3 nitrogen and oxygen atoms in total. The molecule has 0 aliphatic rings. The van der Waals surface area contributed by atoms with Crippen molar-refractivity contribution < 1.29 is 4.74 Å². The molecular weight excluding hydrogens is 256 g/mol. The van der Waals surface area contributed by atoms with E-state index in [1.807, 2.05) is 17.6 Å². The molecule has 0 aliphatic carbocycles. The van der Waals surface area contributed by atoms with Crippen LogP contribution in [0, 0.1) is 6.92 Å². The number of aromatic nitrogens is 1. The van der Waals surface area contributed by atoms with E-state index in [0.29, 0.717) is 6.04 Å². The van der Waals surface area contributed by atoms with Gasteiger partial charge in [-0.1, -0.05) is 18.2 Å². The summed E-state index contributed by atoms with van der Waals surface area (Å²) in [7, 11) is 1.72. The molecule has 0 amide bonds. The van der Waals surface area contributed by atoms with Crippen LogP contribution in [0.15, 0.2) is 29.8 Å². The summed E-state index contributed by atoms with van der Waals surface area (Å²) in [5.74, 6) is 0.963. The predicted octanol–water partition coefficient (Wildman–Crippen LogP) is 3.18. The maximum Gasteiger partial charge on any atom is 0.122 e. The molecule has 102 valence electrons. The van der Waals surface area contributed by atoms with Gasteiger partial charge in [0, 0.05) is 17.5 Å². The Morgan fingerprint density at radius 1 is 1.37 bits per heavy atom. The Morgan fingerprint density at radius 2 is 2.16 bits per heavy atom. The van der Waals surface area contributed by atoms with Gasteiger partial charge in [0.15, 0.2) is 0 Å². The number of aryl methyl sites for hydroxylation is 1. The smallest absolute Gasteiger partial charge is 0.122 e. The molecular formula is C15H20N2OS. The molecule has 0 radical (unpaired) electrons. The highest BCUT2D eigenvalue weighted by Gasteiger charge is 2.09. The quantitative estimate of drug-likeness (QED) is 0.880. The first kappa shape index (κ1) is 14.0.